The van der Waals surface area contributed by atoms with Crippen molar-refractivity contribution < 1.29 is 19.0 Å². The lowest BCUT2D eigenvalue weighted by atomic mass is 10.2. The van der Waals surface area contributed by atoms with E-state index in [0.717, 1.165) is 0 Å². The van der Waals surface area contributed by atoms with Gasteiger partial charge in [-0.3, -0.25) is 0 Å². The van der Waals surface area contributed by atoms with Gasteiger partial charge < -0.3 is 14.6 Å². The molecule has 4 heteroatoms. The third-order valence-electron chi connectivity index (χ3n) is 2.04. The molecule has 0 aliphatic carbocycles. The van der Waals surface area contributed by atoms with Crippen molar-refractivity contribution in [2.45, 2.75) is 12.4 Å². The van der Waals surface area contributed by atoms with Crippen molar-refractivity contribution in [3.8, 4) is 0 Å². The van der Waals surface area contributed by atoms with E-state index in [2.05, 4.69) is 0 Å². The van der Waals surface area contributed by atoms with Gasteiger partial charge in [0.15, 0.2) is 6.29 Å². The summed E-state index contributed by atoms with van der Waals surface area (Å²) in [6.45, 7) is 0.359. The second kappa shape index (κ2) is 4.04. The third-order valence-corrected chi connectivity index (χ3v) is 2.04. The van der Waals surface area contributed by atoms with Crippen molar-refractivity contribution in [3.63, 3.8) is 0 Å². The van der Waals surface area contributed by atoms with Crippen LogP contribution in [0.5, 0.6) is 0 Å². The first kappa shape index (κ1) is 9.58. The molecular weight excluding hydrogens is 187 g/mol. The fourth-order valence-electron chi connectivity index (χ4n) is 1.34. The van der Waals surface area contributed by atoms with Crippen LogP contribution in [0.1, 0.15) is 11.9 Å². The van der Waals surface area contributed by atoms with Crippen LogP contribution in [0.25, 0.3) is 0 Å². The monoisotopic (exact) mass is 198 g/mol. The Morgan fingerprint density at radius 1 is 1.21 bits per heavy atom. The highest BCUT2D eigenvalue weighted by Crippen LogP contribution is 2.24. The molecule has 1 saturated heterocycles. The topological polar surface area (TPSA) is 38.7 Å². The molecule has 0 saturated carbocycles. The fraction of sp³-hybridized carbons (Fsp3) is 0.400. The van der Waals surface area contributed by atoms with Gasteiger partial charge in [0.05, 0.1) is 13.2 Å². The Balaban J connectivity index is 2.12. The molecule has 1 fully saturated rings. The quantitative estimate of drug-likeness (QED) is 0.737. The molecule has 0 amide bonds. The molecule has 1 heterocycles. The largest absolute Gasteiger partial charge is 0.388 e. The number of aliphatic hydroxyl groups excluding tert-OH is 1. The summed E-state index contributed by atoms with van der Waals surface area (Å²) in [5.74, 6) is -0.353. The zero-order valence-electron chi connectivity index (χ0n) is 7.52. The van der Waals surface area contributed by atoms with Crippen LogP contribution in [0, 0.1) is 5.82 Å². The molecule has 1 aliphatic heterocycles. The predicted molar refractivity (Wildman–Crippen MR) is 47.1 cm³/mol. The molecule has 2 rings (SSSR count). The molecule has 0 unspecified atom stereocenters. The highest BCUT2D eigenvalue weighted by Gasteiger charge is 2.23. The van der Waals surface area contributed by atoms with Crippen molar-refractivity contribution in [1.82, 2.24) is 0 Å². The van der Waals surface area contributed by atoms with Crippen LogP contribution in [-0.4, -0.2) is 24.4 Å². The number of ether oxygens (including phenoxy) is 2. The fourth-order valence-corrected chi connectivity index (χ4v) is 1.34. The van der Waals surface area contributed by atoms with Gasteiger partial charge in [-0.15, -0.1) is 0 Å². The Labute approximate surface area is 81.1 Å². The molecule has 0 spiro atoms. The van der Waals surface area contributed by atoms with Crippen molar-refractivity contribution in [1.29, 1.82) is 0 Å². The molecule has 0 bridgehead atoms. The van der Waals surface area contributed by atoms with Gasteiger partial charge in [0.25, 0.3) is 0 Å². The molecule has 1 aromatic rings. The Hall–Kier alpha value is -0.970. The van der Waals surface area contributed by atoms with Gasteiger partial charge in [-0.1, -0.05) is 18.2 Å². The van der Waals surface area contributed by atoms with E-state index >= 15 is 0 Å². The van der Waals surface area contributed by atoms with Gasteiger partial charge in [-0.05, 0) is 6.07 Å². The van der Waals surface area contributed by atoms with E-state index in [9.17, 15) is 4.39 Å². The smallest absolute Gasteiger partial charge is 0.186 e. The second-order valence-corrected chi connectivity index (χ2v) is 3.17. The van der Waals surface area contributed by atoms with Gasteiger partial charge >= 0.3 is 0 Å². The van der Waals surface area contributed by atoms with Crippen molar-refractivity contribution in [3.05, 3.63) is 35.6 Å². The van der Waals surface area contributed by atoms with Crippen LogP contribution >= 0.6 is 0 Å². The molecule has 0 radical (unpaired) electrons. The zero-order valence-corrected chi connectivity index (χ0v) is 7.52. The molecule has 76 valence electrons. The Morgan fingerprint density at radius 2 is 1.86 bits per heavy atom. The molecule has 1 N–H and O–H groups in total. The molecule has 0 atom stereocenters. The molecule has 0 aromatic heterocycles. The average Bonchev–Trinajstić information content (AvgIpc) is 2.20. The predicted octanol–water partition coefficient (Wildman–Crippen LogP) is 1.23. The maximum atomic E-state index is 13.2. The van der Waals surface area contributed by atoms with E-state index in [0.29, 0.717) is 5.56 Å². The van der Waals surface area contributed by atoms with Crippen molar-refractivity contribution >= 4 is 0 Å². The van der Waals surface area contributed by atoms with Gasteiger partial charge in [0.2, 0.25) is 0 Å². The number of halogens is 1. The summed E-state index contributed by atoms with van der Waals surface area (Å²) in [5, 5.41) is 9.10. The maximum Gasteiger partial charge on any atom is 0.186 e. The van der Waals surface area contributed by atoms with E-state index in [-0.39, 0.29) is 19.0 Å². The first-order valence-corrected chi connectivity index (χ1v) is 4.43. The van der Waals surface area contributed by atoms with E-state index in [1.54, 1.807) is 18.2 Å². The minimum Gasteiger partial charge on any atom is -0.388 e. The Kier molecular flexibility index (Phi) is 2.77. The zero-order chi connectivity index (χ0) is 9.97. The van der Waals surface area contributed by atoms with Gasteiger partial charge in [0.1, 0.15) is 11.9 Å². The van der Waals surface area contributed by atoms with E-state index in [1.165, 1.54) is 6.07 Å². The summed E-state index contributed by atoms with van der Waals surface area (Å²) in [6, 6.07) is 6.29. The van der Waals surface area contributed by atoms with Crippen LogP contribution < -0.4 is 0 Å². The SMILES string of the molecule is OC1COC(c2ccccc2F)OC1. The summed E-state index contributed by atoms with van der Waals surface area (Å²) < 4.78 is 23.5. The van der Waals surface area contributed by atoms with Gasteiger partial charge in [0, 0.05) is 5.56 Å². The van der Waals surface area contributed by atoms with E-state index in [4.69, 9.17) is 14.6 Å². The van der Waals surface area contributed by atoms with Crippen LogP contribution in [0.3, 0.4) is 0 Å². The normalized spacial score (nSPS) is 27.6. The highest BCUT2D eigenvalue weighted by molar-refractivity contribution is 5.18. The number of aliphatic hydroxyl groups is 1. The van der Waals surface area contributed by atoms with Gasteiger partial charge in [-0.2, -0.15) is 0 Å². The Morgan fingerprint density at radius 3 is 2.50 bits per heavy atom. The van der Waals surface area contributed by atoms with Gasteiger partial charge in [-0.25, -0.2) is 4.39 Å². The summed E-state index contributed by atoms with van der Waals surface area (Å²) >= 11 is 0. The first-order valence-electron chi connectivity index (χ1n) is 4.43. The lowest BCUT2D eigenvalue weighted by molar-refractivity contribution is -0.221. The second-order valence-electron chi connectivity index (χ2n) is 3.17. The molecule has 14 heavy (non-hydrogen) atoms. The maximum absolute atomic E-state index is 13.2. The molecular formula is C10H11FO3. The number of benzene rings is 1. The molecule has 1 aromatic carbocycles. The number of rotatable bonds is 1. The number of hydrogen-bond donors (Lipinski definition) is 1. The average molecular weight is 198 g/mol. The summed E-state index contributed by atoms with van der Waals surface area (Å²) in [6.07, 6.45) is -1.31. The lowest BCUT2D eigenvalue weighted by Gasteiger charge is -2.26. The summed E-state index contributed by atoms with van der Waals surface area (Å²) in [4.78, 5) is 0. The number of hydrogen-bond acceptors (Lipinski definition) is 3. The van der Waals surface area contributed by atoms with Crippen molar-refractivity contribution in [2.24, 2.45) is 0 Å². The third kappa shape index (κ3) is 1.92. The molecule has 1 aliphatic rings. The van der Waals surface area contributed by atoms with Crippen LogP contribution in [0.4, 0.5) is 4.39 Å². The minimum absolute atomic E-state index is 0.180. The minimum atomic E-state index is -0.695. The van der Waals surface area contributed by atoms with Crippen LogP contribution in [-0.2, 0) is 9.47 Å². The van der Waals surface area contributed by atoms with Crippen LogP contribution in [0.15, 0.2) is 24.3 Å². The lowest BCUT2D eigenvalue weighted by Crippen LogP contribution is -2.31. The van der Waals surface area contributed by atoms with Crippen LogP contribution in [0.2, 0.25) is 0 Å². The van der Waals surface area contributed by atoms with E-state index in [1.807, 2.05) is 0 Å². The summed E-state index contributed by atoms with van der Waals surface area (Å²) in [7, 11) is 0. The highest BCUT2D eigenvalue weighted by atomic mass is 19.1. The standard InChI is InChI=1S/C10H11FO3/c11-9-4-2-1-3-8(9)10-13-5-7(12)6-14-10/h1-4,7,10,12H,5-6H2. The first-order chi connectivity index (χ1) is 6.77. The Bertz CT molecular complexity index is 308. The van der Waals surface area contributed by atoms with E-state index < -0.39 is 12.4 Å². The molecule has 3 nitrogen and oxygen atoms in total. The van der Waals surface area contributed by atoms with Crippen molar-refractivity contribution in [2.75, 3.05) is 13.2 Å². The summed E-state index contributed by atoms with van der Waals surface area (Å²) in [5.41, 5.74) is 0.374.